The lowest BCUT2D eigenvalue weighted by molar-refractivity contribution is 0.0802. The third-order valence-corrected chi connectivity index (χ3v) is 5.08. The third-order valence-electron chi connectivity index (χ3n) is 4.66. The molecule has 2 aromatic carbocycles. The standard InChI is InChI=1S/C22H23ClN4O3/c1-5-26(3)21(28)15-7-6-8-16(12-15)25-20-19(13-24-27(4)22(20)29)30-17-9-10-18(23)14(2)11-17/h6-13,25H,5H2,1-4H3. The van der Waals surface area contributed by atoms with E-state index in [-0.39, 0.29) is 22.9 Å². The van der Waals surface area contributed by atoms with Crippen LogP contribution in [-0.2, 0) is 7.05 Å². The minimum atomic E-state index is -0.361. The van der Waals surface area contributed by atoms with Gasteiger partial charge < -0.3 is 15.0 Å². The van der Waals surface area contributed by atoms with Gasteiger partial charge in [0.1, 0.15) is 5.75 Å². The van der Waals surface area contributed by atoms with Gasteiger partial charge in [0.05, 0.1) is 6.20 Å². The third kappa shape index (κ3) is 4.63. The molecule has 156 valence electrons. The van der Waals surface area contributed by atoms with Crippen LogP contribution >= 0.6 is 11.6 Å². The highest BCUT2D eigenvalue weighted by atomic mass is 35.5. The van der Waals surface area contributed by atoms with E-state index < -0.39 is 0 Å². The predicted octanol–water partition coefficient (Wildman–Crippen LogP) is 4.37. The van der Waals surface area contributed by atoms with Crippen LogP contribution in [-0.4, -0.2) is 34.2 Å². The zero-order valence-electron chi connectivity index (χ0n) is 17.3. The molecular weight excluding hydrogens is 404 g/mol. The number of aromatic nitrogens is 2. The number of amides is 1. The maximum absolute atomic E-state index is 12.7. The Balaban J connectivity index is 1.96. The lowest BCUT2D eigenvalue weighted by Crippen LogP contribution is -2.26. The van der Waals surface area contributed by atoms with Gasteiger partial charge in [-0.3, -0.25) is 9.59 Å². The number of hydrogen-bond donors (Lipinski definition) is 1. The van der Waals surface area contributed by atoms with Crippen LogP contribution in [0, 0.1) is 6.92 Å². The van der Waals surface area contributed by atoms with E-state index in [0.29, 0.717) is 28.6 Å². The monoisotopic (exact) mass is 426 g/mol. The summed E-state index contributed by atoms with van der Waals surface area (Å²) in [4.78, 5) is 26.8. The highest BCUT2D eigenvalue weighted by Gasteiger charge is 2.15. The summed E-state index contributed by atoms with van der Waals surface area (Å²) >= 11 is 6.08. The lowest BCUT2D eigenvalue weighted by atomic mass is 10.1. The Hall–Kier alpha value is -3.32. The van der Waals surface area contributed by atoms with Gasteiger partial charge in [0.15, 0.2) is 11.4 Å². The summed E-state index contributed by atoms with van der Waals surface area (Å²) in [5, 5.41) is 7.76. The van der Waals surface area contributed by atoms with Crippen molar-refractivity contribution < 1.29 is 9.53 Å². The Kier molecular flexibility index (Phi) is 6.42. The van der Waals surface area contributed by atoms with Crippen LogP contribution in [0.2, 0.25) is 5.02 Å². The van der Waals surface area contributed by atoms with E-state index in [1.807, 2.05) is 13.8 Å². The highest BCUT2D eigenvalue weighted by molar-refractivity contribution is 6.31. The molecule has 0 bridgehead atoms. The molecule has 7 nitrogen and oxygen atoms in total. The number of rotatable bonds is 6. The first-order valence-electron chi connectivity index (χ1n) is 9.43. The van der Waals surface area contributed by atoms with Crippen LogP contribution < -0.4 is 15.6 Å². The van der Waals surface area contributed by atoms with Crippen LogP contribution in [0.25, 0.3) is 0 Å². The molecule has 0 unspecified atom stereocenters. The molecule has 0 saturated heterocycles. The van der Waals surface area contributed by atoms with Crippen molar-refractivity contribution in [1.29, 1.82) is 0 Å². The summed E-state index contributed by atoms with van der Waals surface area (Å²) in [6, 6.07) is 12.2. The van der Waals surface area contributed by atoms with Gasteiger partial charge in [0, 0.05) is 36.9 Å². The average molecular weight is 427 g/mol. The number of halogens is 1. The smallest absolute Gasteiger partial charge is 0.294 e. The molecule has 0 spiro atoms. The van der Waals surface area contributed by atoms with Crippen molar-refractivity contribution in [1.82, 2.24) is 14.7 Å². The molecule has 1 N–H and O–H groups in total. The van der Waals surface area contributed by atoms with Gasteiger partial charge in [-0.1, -0.05) is 17.7 Å². The Morgan fingerprint density at radius 2 is 2.03 bits per heavy atom. The SMILES string of the molecule is CCN(C)C(=O)c1cccc(Nc2c(Oc3ccc(Cl)c(C)c3)cnn(C)c2=O)c1. The average Bonchev–Trinajstić information content (AvgIpc) is 2.75. The van der Waals surface area contributed by atoms with E-state index in [2.05, 4.69) is 10.4 Å². The molecule has 0 fully saturated rings. The van der Waals surface area contributed by atoms with Gasteiger partial charge in [0.2, 0.25) is 0 Å². The summed E-state index contributed by atoms with van der Waals surface area (Å²) < 4.78 is 7.13. The Labute approximate surface area is 179 Å². The van der Waals surface area contributed by atoms with Crippen LogP contribution in [0.4, 0.5) is 11.4 Å². The molecule has 30 heavy (non-hydrogen) atoms. The highest BCUT2D eigenvalue weighted by Crippen LogP contribution is 2.30. The second-order valence-electron chi connectivity index (χ2n) is 6.85. The number of hydrogen-bond acceptors (Lipinski definition) is 5. The minimum Gasteiger partial charge on any atom is -0.453 e. The van der Waals surface area contributed by atoms with Crippen molar-refractivity contribution >= 4 is 28.9 Å². The summed E-state index contributed by atoms with van der Waals surface area (Å²) in [6.45, 7) is 4.37. The number of carbonyl (C=O) groups excluding carboxylic acids is 1. The quantitative estimate of drug-likeness (QED) is 0.633. The molecule has 1 amide bonds. The molecule has 1 heterocycles. The molecule has 0 atom stereocenters. The van der Waals surface area contributed by atoms with Gasteiger partial charge >= 0.3 is 0 Å². The number of aryl methyl sites for hydroxylation is 2. The van der Waals surface area contributed by atoms with Gasteiger partial charge in [-0.2, -0.15) is 5.10 Å². The molecule has 3 rings (SSSR count). The van der Waals surface area contributed by atoms with Crippen molar-refractivity contribution in [3.63, 3.8) is 0 Å². The maximum Gasteiger partial charge on any atom is 0.294 e. The van der Waals surface area contributed by atoms with Crippen molar-refractivity contribution in [2.75, 3.05) is 18.9 Å². The Morgan fingerprint density at radius 3 is 2.73 bits per heavy atom. The molecular formula is C22H23ClN4O3. The van der Waals surface area contributed by atoms with Crippen molar-refractivity contribution in [2.24, 2.45) is 7.05 Å². The second kappa shape index (κ2) is 9.00. The van der Waals surface area contributed by atoms with E-state index in [0.717, 1.165) is 5.56 Å². The fourth-order valence-corrected chi connectivity index (χ4v) is 2.88. The van der Waals surface area contributed by atoms with Crippen molar-refractivity contribution in [3.8, 4) is 11.5 Å². The molecule has 0 aliphatic rings. The number of benzene rings is 2. The normalized spacial score (nSPS) is 10.6. The Morgan fingerprint density at radius 1 is 1.27 bits per heavy atom. The Bertz CT molecular complexity index is 1140. The van der Waals surface area contributed by atoms with Crippen LogP contribution in [0.5, 0.6) is 11.5 Å². The van der Waals surface area contributed by atoms with Crippen LogP contribution in [0.3, 0.4) is 0 Å². The van der Waals surface area contributed by atoms with E-state index in [9.17, 15) is 9.59 Å². The molecule has 0 saturated carbocycles. The molecule has 8 heteroatoms. The number of carbonyl (C=O) groups is 1. The first kappa shape index (κ1) is 21.4. The van der Waals surface area contributed by atoms with Gasteiger partial charge in [-0.15, -0.1) is 0 Å². The summed E-state index contributed by atoms with van der Waals surface area (Å²) in [5.41, 5.74) is 1.82. The molecule has 1 aromatic heterocycles. The zero-order chi connectivity index (χ0) is 21.8. The van der Waals surface area contributed by atoms with Gasteiger partial charge in [-0.05, 0) is 55.8 Å². The van der Waals surface area contributed by atoms with E-state index in [1.165, 1.54) is 10.9 Å². The lowest BCUT2D eigenvalue weighted by Gasteiger charge is -2.16. The van der Waals surface area contributed by atoms with E-state index in [4.69, 9.17) is 16.3 Å². The number of ether oxygens (including phenoxy) is 1. The van der Waals surface area contributed by atoms with Gasteiger partial charge in [0.25, 0.3) is 11.5 Å². The van der Waals surface area contributed by atoms with Crippen LogP contribution in [0.15, 0.2) is 53.5 Å². The molecule has 0 radical (unpaired) electrons. The van der Waals surface area contributed by atoms with Crippen LogP contribution in [0.1, 0.15) is 22.8 Å². The fraction of sp³-hybridized carbons (Fsp3) is 0.227. The first-order valence-corrected chi connectivity index (χ1v) is 9.80. The van der Waals surface area contributed by atoms with E-state index in [1.54, 1.807) is 61.5 Å². The predicted molar refractivity (Wildman–Crippen MR) is 118 cm³/mol. The second-order valence-corrected chi connectivity index (χ2v) is 7.26. The fourth-order valence-electron chi connectivity index (χ4n) is 2.76. The van der Waals surface area contributed by atoms with Crippen molar-refractivity contribution in [3.05, 3.63) is 75.2 Å². The summed E-state index contributed by atoms with van der Waals surface area (Å²) in [6.07, 6.45) is 1.47. The molecule has 0 aliphatic carbocycles. The summed E-state index contributed by atoms with van der Waals surface area (Å²) in [7, 11) is 3.29. The van der Waals surface area contributed by atoms with E-state index >= 15 is 0 Å². The number of anilines is 2. The minimum absolute atomic E-state index is 0.100. The number of nitrogens with one attached hydrogen (secondary N) is 1. The number of nitrogens with zero attached hydrogens (tertiary/aromatic N) is 3. The topological polar surface area (TPSA) is 76.5 Å². The first-order chi connectivity index (χ1) is 14.3. The molecule has 0 aliphatic heterocycles. The summed E-state index contributed by atoms with van der Waals surface area (Å²) in [5.74, 6) is 0.697. The zero-order valence-corrected chi connectivity index (χ0v) is 18.0. The largest absolute Gasteiger partial charge is 0.453 e. The van der Waals surface area contributed by atoms with Gasteiger partial charge in [-0.25, -0.2) is 4.68 Å². The maximum atomic E-state index is 12.7. The van der Waals surface area contributed by atoms with Crippen molar-refractivity contribution in [2.45, 2.75) is 13.8 Å². The molecule has 3 aromatic rings.